The van der Waals surface area contributed by atoms with Crippen LogP contribution in [0.4, 0.5) is 0 Å². The first-order valence-electron chi connectivity index (χ1n) is 19.0. The van der Waals surface area contributed by atoms with E-state index >= 15 is 0 Å². The maximum atomic E-state index is 13.5. The van der Waals surface area contributed by atoms with Gasteiger partial charge in [-0.2, -0.15) is 0 Å². The van der Waals surface area contributed by atoms with Gasteiger partial charge in [0, 0.05) is 46.7 Å². The van der Waals surface area contributed by atoms with Gasteiger partial charge in [0.25, 0.3) is 0 Å². The van der Waals surface area contributed by atoms with Crippen LogP contribution in [-0.2, 0) is 48.4 Å². The van der Waals surface area contributed by atoms with Gasteiger partial charge in [-0.05, 0) is 71.2 Å². The Bertz CT molecular complexity index is 2220. The average Bonchev–Trinajstić information content (AvgIpc) is 3.86. The molecule has 3 heterocycles. The summed E-state index contributed by atoms with van der Waals surface area (Å²) in [4.78, 5) is 37.8. The van der Waals surface area contributed by atoms with Crippen molar-refractivity contribution in [2.24, 2.45) is 0 Å². The molecule has 0 aliphatic heterocycles. The van der Waals surface area contributed by atoms with Crippen LogP contribution in [-0.4, -0.2) is 26.9 Å². The van der Waals surface area contributed by atoms with E-state index in [9.17, 15) is 9.59 Å². The van der Waals surface area contributed by atoms with E-state index in [0.29, 0.717) is 24.2 Å². The Hall–Kier alpha value is -6.34. The van der Waals surface area contributed by atoms with E-state index in [-0.39, 0.29) is 25.2 Å². The summed E-state index contributed by atoms with van der Waals surface area (Å²) >= 11 is 0. The molecule has 7 nitrogen and oxygen atoms in total. The van der Waals surface area contributed by atoms with Crippen LogP contribution in [0.25, 0.3) is 22.3 Å². The Labute approximate surface area is 322 Å². The van der Waals surface area contributed by atoms with E-state index < -0.39 is 0 Å². The predicted octanol–water partition coefficient (Wildman–Crippen LogP) is 10.6. The number of H-pyrrole nitrogens is 3. The zero-order valence-electron chi connectivity index (χ0n) is 31.9. The van der Waals surface area contributed by atoms with Gasteiger partial charge in [0.1, 0.15) is 24.6 Å². The normalized spacial score (nSPS) is 11.1. The van der Waals surface area contributed by atoms with Crippen LogP contribution in [0.3, 0.4) is 0 Å². The molecule has 7 aromatic rings. The molecule has 0 aliphatic rings. The Kier molecular flexibility index (Phi) is 11.3. The summed E-state index contributed by atoms with van der Waals surface area (Å²) in [6, 6.07) is 40.4. The van der Waals surface area contributed by atoms with Crippen molar-refractivity contribution in [3.05, 3.63) is 189 Å². The molecule has 7 rings (SSSR count). The van der Waals surface area contributed by atoms with Crippen molar-refractivity contribution < 1.29 is 19.1 Å². The van der Waals surface area contributed by atoms with Gasteiger partial charge in [-0.15, -0.1) is 0 Å². The second-order valence-corrected chi connectivity index (χ2v) is 13.9. The highest BCUT2D eigenvalue weighted by atomic mass is 16.5. The molecule has 55 heavy (non-hydrogen) atoms. The van der Waals surface area contributed by atoms with Gasteiger partial charge in [0.05, 0.1) is 0 Å². The Morgan fingerprint density at radius 2 is 0.818 bits per heavy atom. The number of ether oxygens (including phenoxy) is 2. The Morgan fingerprint density at radius 1 is 0.473 bits per heavy atom. The summed E-state index contributed by atoms with van der Waals surface area (Å²) in [5.41, 5.74) is 15.3. The number of hydrogen-bond acceptors (Lipinski definition) is 4. The summed E-state index contributed by atoms with van der Waals surface area (Å²) in [5.74, 6) is -0.731. The van der Waals surface area contributed by atoms with Crippen LogP contribution in [0.1, 0.15) is 91.0 Å². The molecular weight excluding hydrogens is 683 g/mol. The highest BCUT2D eigenvalue weighted by molar-refractivity contribution is 5.91. The van der Waals surface area contributed by atoms with Gasteiger partial charge in [-0.1, -0.05) is 135 Å². The Morgan fingerprint density at radius 3 is 1.16 bits per heavy atom. The molecule has 0 spiro atoms. The van der Waals surface area contributed by atoms with E-state index in [1.807, 2.05) is 86.6 Å². The summed E-state index contributed by atoms with van der Waals surface area (Å²) < 4.78 is 11.5. The monoisotopic (exact) mass is 729 g/mol. The van der Waals surface area contributed by atoms with E-state index in [0.717, 1.165) is 91.3 Å². The number of aromatic nitrogens is 3. The van der Waals surface area contributed by atoms with Crippen LogP contribution >= 0.6 is 0 Å². The molecule has 0 unspecified atom stereocenters. The standard InChI is InChI=1S/C48H47N3O4/c1-5-37-31(3)45(47(52)54-29-33-19-11-7-12-20-33)50-39(37)27-41-43(35-23-15-9-16-24-35)44(36-25-17-10-18-26-36)42(49-41)28-40-38(6-2)32(4)46(51-40)48(53)55-30-34-21-13-8-14-22-34/h7-26,49-51H,5-6,27-30H2,1-4H3. The quantitative estimate of drug-likeness (QED) is 0.0970. The molecular formula is C48H47N3O4. The fourth-order valence-electron chi connectivity index (χ4n) is 7.73. The second kappa shape index (κ2) is 16.8. The number of aromatic amines is 3. The molecule has 0 radical (unpaired) electrons. The first-order chi connectivity index (χ1) is 26.9. The summed E-state index contributed by atoms with van der Waals surface area (Å²) in [5, 5.41) is 0. The maximum Gasteiger partial charge on any atom is 0.355 e. The Balaban J connectivity index is 1.28. The maximum absolute atomic E-state index is 13.5. The van der Waals surface area contributed by atoms with Crippen molar-refractivity contribution in [1.82, 2.24) is 15.0 Å². The second-order valence-electron chi connectivity index (χ2n) is 13.9. The lowest BCUT2D eigenvalue weighted by Gasteiger charge is -2.11. The van der Waals surface area contributed by atoms with Crippen molar-refractivity contribution in [2.45, 2.75) is 66.6 Å². The molecule has 0 saturated carbocycles. The van der Waals surface area contributed by atoms with Crippen LogP contribution in [0, 0.1) is 13.8 Å². The summed E-state index contributed by atoms with van der Waals surface area (Å²) in [6.45, 7) is 8.64. The fourth-order valence-corrected chi connectivity index (χ4v) is 7.73. The lowest BCUT2D eigenvalue weighted by atomic mass is 9.92. The third kappa shape index (κ3) is 7.97. The van der Waals surface area contributed by atoms with Crippen molar-refractivity contribution in [3.63, 3.8) is 0 Å². The van der Waals surface area contributed by atoms with Gasteiger partial charge in [-0.3, -0.25) is 0 Å². The summed E-state index contributed by atoms with van der Waals surface area (Å²) in [7, 11) is 0. The molecule has 7 heteroatoms. The van der Waals surface area contributed by atoms with Gasteiger partial charge in [0.15, 0.2) is 0 Å². The average molecular weight is 730 g/mol. The predicted molar refractivity (Wildman–Crippen MR) is 218 cm³/mol. The largest absolute Gasteiger partial charge is 0.456 e. The molecule has 0 saturated heterocycles. The van der Waals surface area contributed by atoms with E-state index in [4.69, 9.17) is 9.47 Å². The van der Waals surface area contributed by atoms with Crippen LogP contribution in [0.2, 0.25) is 0 Å². The van der Waals surface area contributed by atoms with Gasteiger partial charge < -0.3 is 24.4 Å². The fraction of sp³-hybridized carbons (Fsp3) is 0.208. The zero-order valence-corrected chi connectivity index (χ0v) is 31.9. The molecule has 0 fully saturated rings. The highest BCUT2D eigenvalue weighted by Gasteiger charge is 2.27. The molecule has 0 aliphatic carbocycles. The third-order valence-electron chi connectivity index (χ3n) is 10.5. The summed E-state index contributed by atoms with van der Waals surface area (Å²) in [6.07, 6.45) is 2.60. The van der Waals surface area contributed by atoms with E-state index in [1.165, 1.54) is 0 Å². The minimum absolute atomic E-state index is 0.206. The van der Waals surface area contributed by atoms with Crippen molar-refractivity contribution >= 4 is 11.9 Å². The van der Waals surface area contributed by atoms with Crippen LogP contribution in [0.5, 0.6) is 0 Å². The minimum atomic E-state index is -0.366. The number of nitrogens with one attached hydrogen (secondary N) is 3. The van der Waals surface area contributed by atoms with Gasteiger partial charge in [-0.25, -0.2) is 9.59 Å². The molecule has 3 N–H and O–H groups in total. The number of benzene rings is 4. The van der Waals surface area contributed by atoms with E-state index in [2.05, 4.69) is 77.3 Å². The van der Waals surface area contributed by atoms with Gasteiger partial charge >= 0.3 is 11.9 Å². The lowest BCUT2D eigenvalue weighted by molar-refractivity contribution is 0.0457. The smallest absolute Gasteiger partial charge is 0.355 e. The number of carbonyl (C=O) groups excluding carboxylic acids is 2. The van der Waals surface area contributed by atoms with Crippen LogP contribution < -0.4 is 0 Å². The van der Waals surface area contributed by atoms with Gasteiger partial charge in [0.2, 0.25) is 0 Å². The zero-order chi connectivity index (χ0) is 38.3. The topological polar surface area (TPSA) is 100.0 Å². The molecule has 0 bridgehead atoms. The number of carbonyl (C=O) groups is 2. The lowest BCUT2D eigenvalue weighted by Crippen LogP contribution is -2.07. The van der Waals surface area contributed by atoms with Crippen LogP contribution in [0.15, 0.2) is 121 Å². The number of hydrogen-bond donors (Lipinski definition) is 3. The molecule has 3 aromatic heterocycles. The number of esters is 2. The first kappa shape index (κ1) is 37.0. The number of rotatable bonds is 14. The van der Waals surface area contributed by atoms with Crippen molar-refractivity contribution in [1.29, 1.82) is 0 Å². The highest BCUT2D eigenvalue weighted by Crippen LogP contribution is 2.41. The minimum Gasteiger partial charge on any atom is -0.456 e. The first-order valence-corrected chi connectivity index (χ1v) is 19.0. The molecule has 0 atom stereocenters. The van der Waals surface area contributed by atoms with Crippen molar-refractivity contribution in [2.75, 3.05) is 0 Å². The third-order valence-corrected chi connectivity index (χ3v) is 10.5. The molecule has 0 amide bonds. The molecule has 4 aromatic carbocycles. The molecule has 278 valence electrons. The van der Waals surface area contributed by atoms with Crippen molar-refractivity contribution in [3.8, 4) is 22.3 Å². The SMILES string of the molecule is CCc1c(Cc2[nH]c(Cc3[nH]c(C(=O)OCc4ccccc4)c(C)c3CC)c(-c3ccccc3)c2-c2ccccc2)[nH]c(C(=O)OCc2ccccc2)c1C. The van der Waals surface area contributed by atoms with E-state index in [1.54, 1.807) is 0 Å².